The molecule has 57 heavy (non-hydrogen) atoms. The number of nitrogens with zero attached hydrogens (tertiary/aromatic N) is 4. The van der Waals surface area contributed by atoms with E-state index in [9.17, 15) is 57.9 Å². The first-order valence-corrected chi connectivity index (χ1v) is 23.1. The van der Waals surface area contributed by atoms with Crippen LogP contribution in [0.5, 0.6) is 0 Å². The van der Waals surface area contributed by atoms with Gasteiger partial charge in [0.15, 0.2) is 22.8 Å². The number of hydrogen-bond donors (Lipinski definition) is 9. The minimum atomic E-state index is -5.57. The highest BCUT2D eigenvalue weighted by Gasteiger charge is 2.50. The summed E-state index contributed by atoms with van der Waals surface area (Å²) in [7, 11) is -16.4. The molecule has 1 fully saturated rings. The van der Waals surface area contributed by atoms with Gasteiger partial charge in [0, 0.05) is 37.1 Å². The van der Waals surface area contributed by atoms with Crippen LogP contribution in [0.1, 0.15) is 71.9 Å². The number of carbonyl (C=O) groups excluding carboxylic acids is 3. The fourth-order valence-electron chi connectivity index (χ4n) is 5.24. The number of hydrogen-bond acceptors (Lipinski definition) is 18. The van der Waals surface area contributed by atoms with E-state index in [-0.39, 0.29) is 41.6 Å². The van der Waals surface area contributed by atoms with Gasteiger partial charge in [0.1, 0.15) is 36.3 Å². The van der Waals surface area contributed by atoms with Crippen molar-refractivity contribution in [3.8, 4) is 0 Å². The Morgan fingerprint density at radius 1 is 1.00 bits per heavy atom. The monoisotopic (exact) mass is 897 g/mol. The molecule has 1 aliphatic rings. The SMILES string of the molecule is CC(C)(COP(=O)(O)OP(=O)(O)OC[C@H]1O[C@@H](n2cnc3c(N)ncnc32)[C@H](O)[C@@H]1OP(=O)(O)O)[C@@H](O)C(=O)NCCC(=O)NCCSC(=O)[13CH2]C[13CH2]C[13CH2]C[13CH3]. The number of phosphoric acid groups is 3. The summed E-state index contributed by atoms with van der Waals surface area (Å²) in [5.41, 5.74) is 4.27. The van der Waals surface area contributed by atoms with Crippen LogP contribution in [0.2, 0.25) is 0 Å². The molecule has 1 saturated heterocycles. The average molecular weight is 898 g/mol. The van der Waals surface area contributed by atoms with Crippen molar-refractivity contribution in [3.05, 3.63) is 12.7 Å². The molecule has 324 valence electrons. The van der Waals surface area contributed by atoms with Crippen molar-refractivity contribution >= 4 is 69.1 Å². The summed E-state index contributed by atoms with van der Waals surface area (Å²) < 4.78 is 62.1. The van der Waals surface area contributed by atoms with Crippen molar-refractivity contribution < 1.29 is 80.5 Å². The van der Waals surface area contributed by atoms with Gasteiger partial charge in [-0.3, -0.25) is 32.5 Å². The van der Waals surface area contributed by atoms with Crippen LogP contribution in [0.15, 0.2) is 12.7 Å². The van der Waals surface area contributed by atoms with Gasteiger partial charge in [-0.15, -0.1) is 0 Å². The zero-order chi connectivity index (χ0) is 42.6. The smallest absolute Gasteiger partial charge is 0.386 e. The first kappa shape index (κ1) is 48.9. The number of nitrogens with one attached hydrogen (secondary N) is 2. The van der Waals surface area contributed by atoms with Crippen LogP contribution in [0.4, 0.5) is 5.82 Å². The van der Waals surface area contributed by atoms with Crippen LogP contribution < -0.4 is 16.4 Å². The lowest BCUT2D eigenvalue weighted by molar-refractivity contribution is -0.137. The fraction of sp³-hybridized carbons (Fsp3) is 0.724. The standard InChI is InChI=1S/C29H50N7O17P3S/c1-4-5-6-7-8-9-20(38)57-13-12-31-19(37)10-11-32-27(41)24(40)29(2,3)15-50-56(47,48)53-55(45,46)49-14-18-23(52-54(42,43)44)22(39)28(51-18)36-17-35-21-25(30)33-16-34-26(21)36/h16-18,22-24,28,39-40H,4-15H2,1-3H3,(H,31,37)(H,32,41)(H,45,46)(H,47,48)(H2,30,33,34)(H2,42,43,44)/t18-,22-,23-,24+,28-/m1/s1/i1+1,5+1,7+1,9+1. The van der Waals surface area contributed by atoms with Crippen LogP contribution >= 0.6 is 35.2 Å². The molecule has 0 spiro atoms. The first-order valence-electron chi connectivity index (χ1n) is 17.6. The molecule has 10 N–H and O–H groups in total. The highest BCUT2D eigenvalue weighted by atomic mass is 32.2. The molecule has 3 heterocycles. The summed E-state index contributed by atoms with van der Waals surface area (Å²) in [6.07, 6.45) is -1.22. The zero-order valence-electron chi connectivity index (χ0n) is 31.3. The van der Waals surface area contributed by atoms with Gasteiger partial charge < -0.3 is 50.9 Å². The lowest BCUT2D eigenvalue weighted by Gasteiger charge is -2.30. The number of nitrogen functional groups attached to an aromatic ring is 1. The van der Waals surface area contributed by atoms with E-state index in [1.54, 1.807) is 0 Å². The first-order chi connectivity index (χ1) is 26.6. The highest BCUT2D eigenvalue weighted by molar-refractivity contribution is 8.13. The van der Waals surface area contributed by atoms with E-state index in [0.717, 1.165) is 61.1 Å². The summed E-state index contributed by atoms with van der Waals surface area (Å²) in [6.45, 7) is 2.67. The summed E-state index contributed by atoms with van der Waals surface area (Å²) in [6, 6.07) is 0. The third-order valence-corrected chi connectivity index (χ3v) is 12.3. The van der Waals surface area contributed by atoms with Crippen molar-refractivity contribution in [2.75, 3.05) is 37.8 Å². The molecule has 0 bridgehead atoms. The van der Waals surface area contributed by atoms with E-state index in [0.29, 0.717) is 12.2 Å². The fourth-order valence-corrected chi connectivity index (χ4v) is 8.79. The number of thioether (sulfide) groups is 1. The number of unbranched alkanes of at least 4 members (excludes halogenated alkanes) is 4. The van der Waals surface area contributed by atoms with Crippen LogP contribution in [-0.2, 0) is 50.7 Å². The van der Waals surface area contributed by atoms with Gasteiger partial charge in [0.25, 0.3) is 0 Å². The Morgan fingerprint density at radius 2 is 1.68 bits per heavy atom. The summed E-state index contributed by atoms with van der Waals surface area (Å²) in [5, 5.41) is 26.5. The summed E-state index contributed by atoms with van der Waals surface area (Å²) in [4.78, 5) is 87.6. The quantitative estimate of drug-likeness (QED) is 0.0382. The van der Waals surface area contributed by atoms with E-state index < -0.39 is 84.6 Å². The topological polar surface area (TPSA) is 364 Å². The predicted molar refractivity (Wildman–Crippen MR) is 200 cm³/mol. The van der Waals surface area contributed by atoms with Crippen LogP contribution in [0, 0.1) is 5.41 Å². The van der Waals surface area contributed by atoms with E-state index >= 15 is 0 Å². The molecule has 0 saturated carbocycles. The van der Waals surface area contributed by atoms with Crippen molar-refractivity contribution in [1.29, 1.82) is 0 Å². The molecule has 2 aromatic rings. The maximum Gasteiger partial charge on any atom is 0.481 e. The maximum absolute atomic E-state index is 12.7. The number of ether oxygens (including phenoxy) is 1. The minimum Gasteiger partial charge on any atom is -0.386 e. The van der Waals surface area contributed by atoms with Gasteiger partial charge in [-0.25, -0.2) is 28.6 Å². The number of anilines is 1. The number of nitrogens with two attached hydrogens (primary N) is 1. The highest BCUT2D eigenvalue weighted by Crippen LogP contribution is 2.61. The van der Waals surface area contributed by atoms with E-state index in [2.05, 4.69) is 41.3 Å². The predicted octanol–water partition coefficient (Wildman–Crippen LogP) is 1.03. The van der Waals surface area contributed by atoms with Gasteiger partial charge in [0.2, 0.25) is 11.8 Å². The summed E-state index contributed by atoms with van der Waals surface area (Å²) >= 11 is 1.13. The normalized spacial score (nSPS) is 21.5. The number of amides is 2. The zero-order valence-corrected chi connectivity index (χ0v) is 34.8. The van der Waals surface area contributed by atoms with Gasteiger partial charge in [-0.1, -0.05) is 58.2 Å². The number of fused-ring (bicyclic) bond motifs is 1. The van der Waals surface area contributed by atoms with Gasteiger partial charge in [0.05, 0.1) is 19.5 Å². The van der Waals surface area contributed by atoms with Crippen LogP contribution in [0.3, 0.4) is 0 Å². The molecule has 28 heteroatoms. The number of rotatable bonds is 25. The number of imidazole rings is 1. The molecule has 7 atom stereocenters. The van der Waals surface area contributed by atoms with Gasteiger partial charge in [-0.05, 0) is 6.42 Å². The lowest BCUT2D eigenvalue weighted by Crippen LogP contribution is -2.46. The number of carbonyl (C=O) groups is 3. The molecular formula is C29H50N7O17P3S. The van der Waals surface area contributed by atoms with E-state index in [1.807, 2.05) is 0 Å². The number of aromatic nitrogens is 4. The van der Waals surface area contributed by atoms with Crippen molar-refractivity contribution in [2.45, 2.75) is 96.4 Å². The number of aliphatic hydroxyl groups is 2. The molecule has 3 rings (SSSR count). The Balaban J connectivity index is 1.45. The molecule has 2 unspecified atom stereocenters. The van der Waals surface area contributed by atoms with E-state index in [4.69, 9.17) is 19.5 Å². The Hall–Kier alpha value is -2.44. The third-order valence-electron chi connectivity index (χ3n) is 8.25. The minimum absolute atomic E-state index is 0.0325. The Morgan fingerprint density at radius 3 is 2.37 bits per heavy atom. The number of phosphoric ester groups is 3. The molecule has 0 radical (unpaired) electrons. The molecule has 0 aromatic carbocycles. The Bertz CT molecular complexity index is 1820. The van der Waals surface area contributed by atoms with Gasteiger partial charge >= 0.3 is 23.5 Å². The molecule has 24 nitrogen and oxygen atoms in total. The largest absolute Gasteiger partial charge is 0.481 e. The Kier molecular flexibility index (Phi) is 18.6. The van der Waals surface area contributed by atoms with Crippen LogP contribution in [-0.4, -0.2) is 123 Å². The van der Waals surface area contributed by atoms with Crippen molar-refractivity contribution in [3.63, 3.8) is 0 Å². The second kappa shape index (κ2) is 21.7. The van der Waals surface area contributed by atoms with Crippen LogP contribution in [0.25, 0.3) is 11.2 Å². The summed E-state index contributed by atoms with van der Waals surface area (Å²) in [5.74, 6) is -1.03. The second-order valence-electron chi connectivity index (χ2n) is 13.5. The van der Waals surface area contributed by atoms with Gasteiger partial charge in [-0.2, -0.15) is 4.31 Å². The molecule has 1 aliphatic heterocycles. The molecule has 0 aliphatic carbocycles. The lowest BCUT2D eigenvalue weighted by atomic mass is 9.87. The molecule has 2 amide bonds. The Labute approximate surface area is 331 Å². The van der Waals surface area contributed by atoms with E-state index in [1.165, 1.54) is 13.8 Å². The molecule has 2 aromatic heterocycles. The maximum atomic E-state index is 12.7. The molecular weight excluding hydrogens is 847 g/mol. The average Bonchev–Trinajstić information content (AvgIpc) is 3.68. The van der Waals surface area contributed by atoms with Crippen molar-refractivity contribution in [2.24, 2.45) is 5.41 Å². The van der Waals surface area contributed by atoms with Crippen molar-refractivity contribution in [1.82, 2.24) is 30.2 Å². The number of aliphatic hydroxyl groups excluding tert-OH is 2. The third kappa shape index (κ3) is 15.9. The second-order valence-corrected chi connectivity index (χ2v) is 18.8.